The van der Waals surface area contributed by atoms with Crippen molar-refractivity contribution in [3.8, 4) is 0 Å². The molecule has 2 heterocycles. The summed E-state index contributed by atoms with van der Waals surface area (Å²) in [5.74, 6) is -1.99. The van der Waals surface area contributed by atoms with Crippen molar-refractivity contribution < 1.29 is 24.3 Å². The predicted octanol–water partition coefficient (Wildman–Crippen LogP) is 0.630. The summed E-state index contributed by atoms with van der Waals surface area (Å²) in [6.07, 6.45) is 5.00. The Kier molecular flexibility index (Phi) is 9.08. The molecular formula is C21H36N4O5. The summed E-state index contributed by atoms with van der Waals surface area (Å²) >= 11 is 0. The summed E-state index contributed by atoms with van der Waals surface area (Å²) < 4.78 is 0. The maximum Gasteiger partial charge on any atom is 0.325 e. The van der Waals surface area contributed by atoms with Gasteiger partial charge in [-0.1, -0.05) is 20.3 Å². The second-order valence-corrected chi connectivity index (χ2v) is 8.58. The van der Waals surface area contributed by atoms with Crippen LogP contribution < -0.4 is 16.0 Å². The summed E-state index contributed by atoms with van der Waals surface area (Å²) in [5.41, 5.74) is 0. The van der Waals surface area contributed by atoms with Crippen molar-refractivity contribution in [1.29, 1.82) is 0 Å². The number of hydrogen-bond acceptors (Lipinski definition) is 5. The molecule has 9 nitrogen and oxygen atoms in total. The van der Waals surface area contributed by atoms with E-state index < -0.39 is 24.0 Å². The molecule has 2 aliphatic rings. The van der Waals surface area contributed by atoms with Gasteiger partial charge in [-0.15, -0.1) is 0 Å². The Balaban J connectivity index is 1.93. The second kappa shape index (κ2) is 11.3. The van der Waals surface area contributed by atoms with Gasteiger partial charge in [-0.2, -0.15) is 0 Å². The van der Waals surface area contributed by atoms with Crippen molar-refractivity contribution >= 4 is 23.7 Å². The number of nitrogens with zero attached hydrogens (tertiary/aromatic N) is 1. The van der Waals surface area contributed by atoms with E-state index in [1.54, 1.807) is 0 Å². The number of nitrogens with one attached hydrogen (secondary N) is 3. The number of amides is 3. The minimum Gasteiger partial charge on any atom is -0.480 e. The number of hydrogen-bond donors (Lipinski definition) is 4. The number of aliphatic carboxylic acids is 1. The van der Waals surface area contributed by atoms with E-state index in [9.17, 15) is 19.2 Å². The molecule has 0 unspecified atom stereocenters. The number of carboxylic acid groups (broad SMARTS) is 1. The first-order chi connectivity index (χ1) is 14.2. The summed E-state index contributed by atoms with van der Waals surface area (Å²) in [6.45, 7) is 6.75. The van der Waals surface area contributed by atoms with Gasteiger partial charge in [0, 0.05) is 31.5 Å². The highest BCUT2D eigenvalue weighted by atomic mass is 16.4. The van der Waals surface area contributed by atoms with Crippen LogP contribution in [0.1, 0.15) is 65.7 Å². The molecule has 0 aliphatic carbocycles. The molecule has 4 N–H and O–H groups in total. The molecule has 0 spiro atoms. The van der Waals surface area contributed by atoms with E-state index in [2.05, 4.69) is 16.0 Å². The highest BCUT2D eigenvalue weighted by Crippen LogP contribution is 2.23. The summed E-state index contributed by atoms with van der Waals surface area (Å²) in [7, 11) is 0. The third-order valence-electron chi connectivity index (χ3n) is 6.24. The van der Waals surface area contributed by atoms with Gasteiger partial charge >= 0.3 is 5.97 Å². The van der Waals surface area contributed by atoms with Crippen LogP contribution >= 0.6 is 0 Å². The van der Waals surface area contributed by atoms with E-state index in [0.29, 0.717) is 19.4 Å². The fraction of sp³-hybridized carbons (Fsp3) is 0.810. The van der Waals surface area contributed by atoms with Gasteiger partial charge in [0.1, 0.15) is 12.1 Å². The highest BCUT2D eigenvalue weighted by Gasteiger charge is 2.34. The first kappa shape index (κ1) is 24.1. The molecule has 3 amide bonds. The number of rotatable bonds is 10. The number of carbonyl (C=O) groups is 4. The van der Waals surface area contributed by atoms with E-state index in [0.717, 1.165) is 32.2 Å². The lowest BCUT2D eigenvalue weighted by Crippen LogP contribution is -2.54. The Morgan fingerprint density at radius 3 is 2.43 bits per heavy atom. The van der Waals surface area contributed by atoms with E-state index >= 15 is 0 Å². The molecule has 9 heteroatoms. The predicted molar refractivity (Wildman–Crippen MR) is 112 cm³/mol. The molecule has 0 aromatic rings. The molecule has 30 heavy (non-hydrogen) atoms. The molecule has 0 bridgehead atoms. The van der Waals surface area contributed by atoms with Gasteiger partial charge in [-0.3, -0.25) is 19.2 Å². The Hall–Kier alpha value is -2.16. The zero-order valence-electron chi connectivity index (χ0n) is 18.3. The molecule has 0 aromatic carbocycles. The maximum absolute atomic E-state index is 12.7. The van der Waals surface area contributed by atoms with Crippen LogP contribution in [0.5, 0.6) is 0 Å². The Morgan fingerprint density at radius 1 is 1.10 bits per heavy atom. The van der Waals surface area contributed by atoms with E-state index in [-0.39, 0.29) is 36.2 Å². The van der Waals surface area contributed by atoms with Crippen molar-refractivity contribution in [3.63, 3.8) is 0 Å². The maximum atomic E-state index is 12.7. The van der Waals surface area contributed by atoms with E-state index in [1.165, 1.54) is 6.92 Å². The van der Waals surface area contributed by atoms with Gasteiger partial charge in [0.2, 0.25) is 17.7 Å². The Bertz CT molecular complexity index is 635. The van der Waals surface area contributed by atoms with Gasteiger partial charge in [0.25, 0.3) is 0 Å². The normalized spacial score (nSPS) is 24.2. The van der Waals surface area contributed by atoms with Crippen molar-refractivity contribution in [2.24, 2.45) is 5.92 Å². The molecule has 170 valence electrons. The zero-order valence-corrected chi connectivity index (χ0v) is 18.3. The Labute approximate surface area is 178 Å². The molecule has 2 aliphatic heterocycles. The van der Waals surface area contributed by atoms with E-state index in [4.69, 9.17) is 5.11 Å². The summed E-state index contributed by atoms with van der Waals surface area (Å²) in [4.78, 5) is 50.8. The van der Waals surface area contributed by atoms with Gasteiger partial charge < -0.3 is 26.0 Å². The van der Waals surface area contributed by atoms with Crippen LogP contribution in [-0.2, 0) is 19.2 Å². The van der Waals surface area contributed by atoms with Crippen LogP contribution in [0, 0.1) is 5.92 Å². The molecule has 0 radical (unpaired) electrons. The van der Waals surface area contributed by atoms with Crippen LogP contribution in [0.25, 0.3) is 0 Å². The smallest absolute Gasteiger partial charge is 0.325 e. The largest absolute Gasteiger partial charge is 0.480 e. The first-order valence-corrected chi connectivity index (χ1v) is 11.1. The molecule has 2 fully saturated rings. The van der Waals surface area contributed by atoms with Crippen LogP contribution in [-0.4, -0.2) is 71.0 Å². The quantitative estimate of drug-likeness (QED) is 0.407. The van der Waals surface area contributed by atoms with Crippen molar-refractivity contribution in [1.82, 2.24) is 20.9 Å². The minimum absolute atomic E-state index is 0.0798. The standard InChI is InChI=1S/C21H36N4O5/c1-4-13(2)19(20(28)23-14(3)21(29)30)24-17(26)12-16-8-6-10-25(16)18(27)11-15-7-5-9-22-15/h13-16,19,22H,4-12H2,1-3H3,(H,23,28)(H,24,26)(H,29,30)/t13-,14-,15-,16-,19-/m0/s1. The average molecular weight is 425 g/mol. The van der Waals surface area contributed by atoms with Gasteiger partial charge in [0.05, 0.1) is 0 Å². The molecular weight excluding hydrogens is 388 g/mol. The third kappa shape index (κ3) is 6.68. The lowest BCUT2D eigenvalue weighted by Gasteiger charge is -2.28. The third-order valence-corrected chi connectivity index (χ3v) is 6.24. The second-order valence-electron chi connectivity index (χ2n) is 8.58. The SMILES string of the molecule is CC[C@H](C)[C@H](NC(=O)C[C@@H]1CCCN1C(=O)C[C@@H]1CCCN1)C(=O)N[C@@H](C)C(=O)O. The van der Waals surface area contributed by atoms with Crippen molar-refractivity contribution in [2.75, 3.05) is 13.1 Å². The minimum atomic E-state index is -1.13. The number of likely N-dealkylation sites (tertiary alicyclic amines) is 1. The van der Waals surface area contributed by atoms with Crippen LogP contribution in [0.15, 0.2) is 0 Å². The summed E-state index contributed by atoms with van der Waals surface area (Å²) in [5, 5.41) is 17.6. The topological polar surface area (TPSA) is 128 Å². The average Bonchev–Trinajstić information content (AvgIpc) is 3.37. The fourth-order valence-corrected chi connectivity index (χ4v) is 4.15. The Morgan fingerprint density at radius 2 is 1.83 bits per heavy atom. The molecule has 2 rings (SSSR count). The molecule has 0 saturated carbocycles. The summed E-state index contributed by atoms with van der Waals surface area (Å²) in [6, 6.07) is -1.77. The lowest BCUT2D eigenvalue weighted by atomic mass is 9.97. The number of carbonyl (C=O) groups excluding carboxylic acids is 3. The zero-order chi connectivity index (χ0) is 22.3. The monoisotopic (exact) mass is 424 g/mol. The van der Waals surface area contributed by atoms with E-state index in [1.807, 2.05) is 18.7 Å². The first-order valence-electron chi connectivity index (χ1n) is 11.1. The molecule has 5 atom stereocenters. The fourth-order valence-electron chi connectivity index (χ4n) is 4.15. The lowest BCUT2D eigenvalue weighted by molar-refractivity contribution is -0.142. The van der Waals surface area contributed by atoms with Gasteiger partial charge in [-0.25, -0.2) is 0 Å². The number of carboxylic acids is 1. The van der Waals surface area contributed by atoms with Gasteiger partial charge in [0.15, 0.2) is 0 Å². The van der Waals surface area contributed by atoms with Crippen molar-refractivity contribution in [2.45, 2.75) is 89.9 Å². The van der Waals surface area contributed by atoms with Crippen LogP contribution in [0.3, 0.4) is 0 Å². The molecule has 2 saturated heterocycles. The molecule has 0 aromatic heterocycles. The van der Waals surface area contributed by atoms with Crippen molar-refractivity contribution in [3.05, 3.63) is 0 Å². The van der Waals surface area contributed by atoms with Crippen LogP contribution in [0.4, 0.5) is 0 Å². The van der Waals surface area contributed by atoms with Gasteiger partial charge in [-0.05, 0) is 45.1 Å². The highest BCUT2D eigenvalue weighted by molar-refractivity contribution is 5.90. The van der Waals surface area contributed by atoms with Crippen LogP contribution in [0.2, 0.25) is 0 Å².